The first-order valence-electron chi connectivity index (χ1n) is 3.23. The van der Waals surface area contributed by atoms with Crippen LogP contribution in [0, 0.1) is 0 Å². The molecule has 0 aliphatic heterocycles. The zero-order valence-corrected chi connectivity index (χ0v) is 10.1. The van der Waals surface area contributed by atoms with E-state index in [1.54, 1.807) is 12.5 Å². The van der Waals surface area contributed by atoms with Gasteiger partial charge in [0, 0.05) is 36.4 Å². The van der Waals surface area contributed by atoms with Gasteiger partial charge in [0.1, 0.15) is 0 Å². The second kappa shape index (κ2) is 22.8. The maximum Gasteiger partial charge on any atom is 0.0148 e. The van der Waals surface area contributed by atoms with Gasteiger partial charge in [0.15, 0.2) is 0 Å². The zero-order valence-electron chi connectivity index (χ0n) is 8.35. The molecule has 0 aromatic carbocycles. The van der Waals surface area contributed by atoms with Crippen molar-refractivity contribution in [2.24, 2.45) is 0 Å². The van der Waals surface area contributed by atoms with E-state index in [0.717, 1.165) is 13.1 Å². The van der Waals surface area contributed by atoms with Crippen molar-refractivity contribution >= 4 is 23.6 Å². The number of thiol groups is 1. The van der Waals surface area contributed by atoms with E-state index in [1.165, 1.54) is 0 Å². The van der Waals surface area contributed by atoms with Crippen LogP contribution in [0.5, 0.6) is 0 Å². The Bertz CT molecular complexity index is 89.9. The molecule has 2 nitrogen and oxygen atoms in total. The molecule has 0 N–H and O–H groups in total. The first-order chi connectivity index (χ1) is 4.54. The van der Waals surface area contributed by atoms with Crippen molar-refractivity contribution in [1.82, 2.24) is 4.31 Å². The Balaban J connectivity index is -0.0000000279. The van der Waals surface area contributed by atoms with E-state index < -0.39 is 10.8 Å². The van der Waals surface area contributed by atoms with E-state index in [0.29, 0.717) is 0 Å². The molecule has 0 unspecified atom stereocenters. The molecule has 0 heterocycles. The number of halogens is 3. The van der Waals surface area contributed by atoms with E-state index in [1.807, 2.05) is 4.31 Å². The van der Waals surface area contributed by atoms with Gasteiger partial charge in [0.2, 0.25) is 0 Å². The highest BCUT2D eigenvalue weighted by molar-refractivity contribution is 7.83. The number of nitrogens with zero attached hydrogens (tertiary/aromatic N) is 1. The summed E-state index contributed by atoms with van der Waals surface area (Å²) in [4.78, 5) is 0. The maximum absolute atomic E-state index is 9.56. The Hall–Kier alpha value is 0.250. The van der Waals surface area contributed by atoms with Gasteiger partial charge in [-0.25, -0.2) is 0 Å². The highest BCUT2D eigenvalue weighted by Crippen LogP contribution is 1.86. The van der Waals surface area contributed by atoms with Gasteiger partial charge in [-0.05, 0) is 0 Å². The van der Waals surface area contributed by atoms with Gasteiger partial charge in [-0.2, -0.15) is 0 Å². The monoisotopic (exact) mass is 243 g/mol. The minimum atomic E-state index is -0.611. The smallest absolute Gasteiger partial charge is 0.0148 e. The molecule has 0 spiro atoms. The molecular formula is C6H20F3NOS2. The largest absolute Gasteiger partial charge is 0.269 e. The van der Waals surface area contributed by atoms with Crippen LogP contribution in [0.4, 0.5) is 14.1 Å². The van der Waals surface area contributed by atoms with Crippen LogP contribution in [0.25, 0.3) is 0 Å². The molecule has 0 saturated heterocycles. The third-order valence-electron chi connectivity index (χ3n) is 0.730. The Morgan fingerprint density at radius 2 is 1.23 bits per heavy atom. The highest BCUT2D eigenvalue weighted by atomic mass is 32.2. The predicted octanol–water partition coefficient (Wildman–Crippen LogP) is 1.63. The summed E-state index contributed by atoms with van der Waals surface area (Å²) in [5.74, 6) is 0. The topological polar surface area (TPSA) is 20.3 Å². The van der Waals surface area contributed by atoms with Gasteiger partial charge in [-0.15, -0.1) is 0 Å². The van der Waals surface area contributed by atoms with Gasteiger partial charge in [-0.1, -0.05) is 26.7 Å². The van der Waals surface area contributed by atoms with Crippen molar-refractivity contribution in [3.63, 3.8) is 0 Å². The molecule has 0 saturated carbocycles. The lowest BCUT2D eigenvalue weighted by Crippen LogP contribution is -2.08. The standard InChI is InChI=1S/C4H11NS.C2H6OS.3FH/c1-3-5(6)4-2;1-4(2)3;;;/h6H,3-4H2,1-2H3;1-2H3;3*1H. The highest BCUT2D eigenvalue weighted by Gasteiger charge is 1.83. The first kappa shape index (κ1) is 29.2. The van der Waals surface area contributed by atoms with Crippen LogP contribution in [-0.4, -0.2) is 34.1 Å². The minimum Gasteiger partial charge on any atom is -0.269 e. The molecule has 0 atom stereocenters. The molecule has 88 valence electrons. The fourth-order valence-corrected chi connectivity index (χ4v) is 0.224. The average molecular weight is 243 g/mol. The van der Waals surface area contributed by atoms with Crippen molar-refractivity contribution < 1.29 is 18.3 Å². The summed E-state index contributed by atoms with van der Waals surface area (Å²) < 4.78 is 11.5. The van der Waals surface area contributed by atoms with E-state index >= 15 is 0 Å². The average Bonchev–Trinajstić information content (AvgIpc) is 1.85. The van der Waals surface area contributed by atoms with Crippen LogP contribution >= 0.6 is 12.8 Å². The van der Waals surface area contributed by atoms with Gasteiger partial charge in [0.05, 0.1) is 0 Å². The molecule has 0 aliphatic carbocycles. The predicted molar refractivity (Wildman–Crippen MR) is 59.4 cm³/mol. The normalized spacial score (nSPS) is 7.31. The zero-order chi connectivity index (χ0) is 8.57. The Kier molecular flexibility index (Phi) is 51.2. The van der Waals surface area contributed by atoms with E-state index in [9.17, 15) is 4.21 Å². The van der Waals surface area contributed by atoms with E-state index in [-0.39, 0.29) is 14.1 Å². The fraction of sp³-hybridized carbons (Fsp3) is 1.00. The van der Waals surface area contributed by atoms with Crippen LogP contribution in [-0.2, 0) is 10.8 Å². The molecule has 0 bridgehead atoms. The number of rotatable bonds is 2. The van der Waals surface area contributed by atoms with Crippen molar-refractivity contribution in [3.8, 4) is 0 Å². The SMILES string of the molecule is CCN(S)CC.CS(C)=O.F.F.F. The summed E-state index contributed by atoms with van der Waals surface area (Å²) in [6, 6.07) is 0. The molecule has 0 radical (unpaired) electrons. The molecule has 0 fully saturated rings. The van der Waals surface area contributed by atoms with Gasteiger partial charge in [0.25, 0.3) is 0 Å². The lowest BCUT2D eigenvalue weighted by atomic mass is 10.7. The van der Waals surface area contributed by atoms with Crippen LogP contribution < -0.4 is 0 Å². The molecule has 0 aromatic rings. The van der Waals surface area contributed by atoms with Crippen LogP contribution in [0.1, 0.15) is 13.8 Å². The second-order valence-corrected chi connectivity index (χ2v) is 3.93. The molecule has 0 aromatic heterocycles. The molecule has 0 amide bonds. The van der Waals surface area contributed by atoms with Crippen LogP contribution in [0.15, 0.2) is 0 Å². The maximum atomic E-state index is 9.56. The second-order valence-electron chi connectivity index (χ2n) is 1.88. The summed E-state index contributed by atoms with van der Waals surface area (Å²) >= 11 is 4.06. The summed E-state index contributed by atoms with van der Waals surface area (Å²) in [5.41, 5.74) is 0. The third-order valence-corrected chi connectivity index (χ3v) is 1.30. The van der Waals surface area contributed by atoms with Crippen molar-refractivity contribution in [3.05, 3.63) is 0 Å². The van der Waals surface area contributed by atoms with Crippen molar-refractivity contribution in [2.75, 3.05) is 25.6 Å². The van der Waals surface area contributed by atoms with E-state index in [4.69, 9.17) is 0 Å². The Morgan fingerprint density at radius 1 is 1.08 bits per heavy atom. The van der Waals surface area contributed by atoms with Crippen LogP contribution in [0.2, 0.25) is 0 Å². The molecule has 7 heteroatoms. The fourth-order valence-electron chi connectivity index (χ4n) is 0.224. The minimum absolute atomic E-state index is 0. The first-order valence-corrected chi connectivity index (χ1v) is 5.60. The Labute approximate surface area is 86.2 Å². The molecule has 0 rings (SSSR count). The number of hydrogen-bond acceptors (Lipinski definition) is 3. The van der Waals surface area contributed by atoms with Crippen molar-refractivity contribution in [1.29, 1.82) is 0 Å². The van der Waals surface area contributed by atoms with E-state index in [2.05, 4.69) is 26.7 Å². The van der Waals surface area contributed by atoms with Gasteiger partial charge >= 0.3 is 0 Å². The summed E-state index contributed by atoms with van der Waals surface area (Å²) in [6.45, 7) is 6.21. The van der Waals surface area contributed by atoms with Gasteiger partial charge < -0.3 is 0 Å². The van der Waals surface area contributed by atoms with Crippen LogP contribution in [0.3, 0.4) is 0 Å². The summed E-state index contributed by atoms with van der Waals surface area (Å²) in [6.07, 6.45) is 3.28. The molecular weight excluding hydrogens is 223 g/mol. The third kappa shape index (κ3) is 71.3. The summed E-state index contributed by atoms with van der Waals surface area (Å²) in [5, 5.41) is 0. The lowest BCUT2D eigenvalue weighted by Gasteiger charge is -2.05. The lowest BCUT2D eigenvalue weighted by molar-refractivity contribution is 0.532. The van der Waals surface area contributed by atoms with Crippen molar-refractivity contribution in [2.45, 2.75) is 13.8 Å². The Morgan fingerprint density at radius 3 is 1.23 bits per heavy atom. The summed E-state index contributed by atoms with van der Waals surface area (Å²) in [7, 11) is -0.611. The number of hydrogen-bond donors (Lipinski definition) is 1. The quantitative estimate of drug-likeness (QED) is 0.744. The van der Waals surface area contributed by atoms with Gasteiger partial charge in [-0.3, -0.25) is 22.6 Å². The molecule has 0 aliphatic rings. The molecule has 13 heavy (non-hydrogen) atoms.